The summed E-state index contributed by atoms with van der Waals surface area (Å²) in [6.07, 6.45) is 16.2. The van der Waals surface area contributed by atoms with Gasteiger partial charge in [-0.25, -0.2) is 4.79 Å². The Morgan fingerprint density at radius 1 is 1.05 bits per heavy atom. The Kier molecular flexibility index (Phi) is 13.3. The second-order valence-corrected chi connectivity index (χ2v) is 4.81. The molecule has 0 bridgehead atoms. The summed E-state index contributed by atoms with van der Waals surface area (Å²) in [5.74, 6) is 0.300. The van der Waals surface area contributed by atoms with E-state index in [2.05, 4.69) is 36.2 Å². The lowest BCUT2D eigenvalue weighted by molar-refractivity contribution is 0.0498. The van der Waals surface area contributed by atoms with Crippen molar-refractivity contribution in [3.05, 3.63) is 36.5 Å². The second-order valence-electron chi connectivity index (χ2n) is 4.81. The summed E-state index contributed by atoms with van der Waals surface area (Å²) in [5.41, 5.74) is 0. The van der Waals surface area contributed by atoms with Crippen molar-refractivity contribution >= 4 is 12.4 Å². The number of carbonyl (C=O) groups is 1. The summed E-state index contributed by atoms with van der Waals surface area (Å²) in [7, 11) is 0. The van der Waals surface area contributed by atoms with Crippen LogP contribution < -0.4 is 0 Å². The molecule has 0 unspecified atom stereocenters. The summed E-state index contributed by atoms with van der Waals surface area (Å²) >= 11 is 0. The molecule has 0 N–H and O–H groups in total. The maximum absolute atomic E-state index is 11.1. The molecule has 0 saturated heterocycles. The fourth-order valence-corrected chi connectivity index (χ4v) is 1.22. The molecule has 0 aliphatic heterocycles. The van der Waals surface area contributed by atoms with Gasteiger partial charge in [0.1, 0.15) is 0 Å². The summed E-state index contributed by atoms with van der Waals surface area (Å²) < 4.78 is 9.60. The smallest absolute Gasteiger partial charge is 0.434 e. The number of hydrogen-bond donors (Lipinski definition) is 0. The van der Waals surface area contributed by atoms with E-state index < -0.39 is 6.16 Å². The van der Waals surface area contributed by atoms with Crippen LogP contribution in [0.15, 0.2) is 41.4 Å². The van der Waals surface area contributed by atoms with E-state index in [1.165, 1.54) is 0 Å². The van der Waals surface area contributed by atoms with E-state index in [1.54, 1.807) is 6.21 Å². The largest absolute Gasteiger partial charge is 0.510 e. The Morgan fingerprint density at radius 2 is 1.71 bits per heavy atom. The molecule has 21 heavy (non-hydrogen) atoms. The molecule has 0 aliphatic rings. The second kappa shape index (κ2) is 14.6. The highest BCUT2D eigenvalue weighted by molar-refractivity contribution is 5.71. The monoisotopic (exact) mass is 293 g/mol. The van der Waals surface area contributed by atoms with Crippen molar-refractivity contribution in [2.75, 3.05) is 13.3 Å². The molecule has 0 heterocycles. The van der Waals surface area contributed by atoms with Gasteiger partial charge in [0, 0.05) is 6.21 Å². The summed E-state index contributed by atoms with van der Waals surface area (Å²) in [6.45, 7) is 6.40. The Labute approximate surface area is 128 Å². The van der Waals surface area contributed by atoms with Gasteiger partial charge in [0.25, 0.3) is 0 Å². The van der Waals surface area contributed by atoms with Gasteiger partial charge in [0.2, 0.25) is 0 Å². The van der Waals surface area contributed by atoms with Crippen LogP contribution in [0.2, 0.25) is 0 Å². The van der Waals surface area contributed by atoms with E-state index in [1.807, 2.05) is 26.0 Å². The number of ether oxygens (including phenoxy) is 2. The predicted octanol–water partition coefficient (Wildman–Crippen LogP) is 4.68. The van der Waals surface area contributed by atoms with Gasteiger partial charge >= 0.3 is 6.16 Å². The molecule has 0 fully saturated rings. The van der Waals surface area contributed by atoms with Crippen molar-refractivity contribution in [2.24, 2.45) is 10.9 Å². The summed E-state index contributed by atoms with van der Waals surface area (Å²) in [5, 5.41) is 0. The summed E-state index contributed by atoms with van der Waals surface area (Å²) in [4.78, 5) is 15.0. The SMILES string of the molecule is CC/C=C\C/C=C\C/C=C\C=N/COC(=O)OCC(C)C. The first-order chi connectivity index (χ1) is 10.2. The quantitative estimate of drug-likeness (QED) is 0.334. The molecular formula is C17H27NO3. The minimum atomic E-state index is -0.673. The molecule has 0 rings (SSSR count). The first-order valence-electron chi connectivity index (χ1n) is 7.41. The third-order valence-corrected chi connectivity index (χ3v) is 2.23. The van der Waals surface area contributed by atoms with Crippen LogP contribution >= 0.6 is 0 Å². The van der Waals surface area contributed by atoms with Crippen molar-refractivity contribution < 1.29 is 14.3 Å². The molecule has 0 aromatic heterocycles. The highest BCUT2D eigenvalue weighted by Crippen LogP contribution is 1.95. The van der Waals surface area contributed by atoms with Crippen LogP contribution in [0, 0.1) is 5.92 Å². The van der Waals surface area contributed by atoms with Gasteiger partial charge in [-0.05, 0) is 31.3 Å². The van der Waals surface area contributed by atoms with Crippen molar-refractivity contribution in [2.45, 2.75) is 40.0 Å². The molecule has 0 aliphatic carbocycles. The molecule has 0 aromatic carbocycles. The van der Waals surface area contributed by atoms with Crippen LogP contribution in [0.4, 0.5) is 4.79 Å². The number of hydrogen-bond acceptors (Lipinski definition) is 4. The first-order valence-corrected chi connectivity index (χ1v) is 7.41. The zero-order valence-corrected chi connectivity index (χ0v) is 13.3. The van der Waals surface area contributed by atoms with Crippen molar-refractivity contribution in [3.63, 3.8) is 0 Å². The van der Waals surface area contributed by atoms with E-state index in [-0.39, 0.29) is 6.73 Å². The van der Waals surface area contributed by atoms with Crippen molar-refractivity contribution in [1.29, 1.82) is 0 Å². The number of carbonyl (C=O) groups excluding carboxylic acids is 1. The van der Waals surface area contributed by atoms with Gasteiger partial charge in [0.05, 0.1) is 6.61 Å². The van der Waals surface area contributed by atoms with Crippen LogP contribution in [-0.4, -0.2) is 25.7 Å². The Hall–Kier alpha value is -1.84. The molecule has 0 aromatic rings. The average molecular weight is 293 g/mol. The third kappa shape index (κ3) is 16.1. The Balaban J connectivity index is 3.56. The standard InChI is InChI=1S/C17H27NO3/c1-4-5-6-7-8-9-10-11-12-13-18-15-21-17(19)20-14-16(2)3/h5-6,8-9,11-13,16H,4,7,10,14-15H2,1-3H3/b6-5-,9-8-,12-11-,18-13-. The fourth-order valence-electron chi connectivity index (χ4n) is 1.22. The van der Waals surface area contributed by atoms with E-state index in [4.69, 9.17) is 9.47 Å². The van der Waals surface area contributed by atoms with Gasteiger partial charge in [0.15, 0.2) is 6.73 Å². The van der Waals surface area contributed by atoms with Crippen LogP contribution in [0.3, 0.4) is 0 Å². The Morgan fingerprint density at radius 3 is 2.38 bits per heavy atom. The average Bonchev–Trinajstić information content (AvgIpc) is 2.46. The highest BCUT2D eigenvalue weighted by Gasteiger charge is 2.03. The predicted molar refractivity (Wildman–Crippen MR) is 87.6 cm³/mol. The van der Waals surface area contributed by atoms with E-state index in [0.717, 1.165) is 19.3 Å². The highest BCUT2D eigenvalue weighted by atomic mass is 16.7. The van der Waals surface area contributed by atoms with Crippen LogP contribution in [-0.2, 0) is 9.47 Å². The van der Waals surface area contributed by atoms with Gasteiger partial charge in [-0.3, -0.25) is 4.99 Å². The van der Waals surface area contributed by atoms with Crippen LogP contribution in [0.5, 0.6) is 0 Å². The molecule has 4 nitrogen and oxygen atoms in total. The number of rotatable bonds is 10. The molecule has 0 atom stereocenters. The third-order valence-electron chi connectivity index (χ3n) is 2.23. The lowest BCUT2D eigenvalue weighted by atomic mass is 10.2. The van der Waals surface area contributed by atoms with Gasteiger partial charge in [-0.1, -0.05) is 51.2 Å². The molecule has 4 heteroatoms. The maximum Gasteiger partial charge on any atom is 0.510 e. The normalized spacial score (nSPS) is 12.4. The van der Waals surface area contributed by atoms with E-state index >= 15 is 0 Å². The van der Waals surface area contributed by atoms with Gasteiger partial charge < -0.3 is 9.47 Å². The molecule has 0 amide bonds. The Bertz CT molecular complexity index is 368. The number of allylic oxidation sites excluding steroid dienone is 6. The van der Waals surface area contributed by atoms with E-state index in [0.29, 0.717) is 12.5 Å². The number of nitrogens with zero attached hydrogens (tertiary/aromatic N) is 1. The van der Waals surface area contributed by atoms with Gasteiger partial charge in [-0.2, -0.15) is 0 Å². The zero-order valence-electron chi connectivity index (χ0n) is 13.3. The fraction of sp³-hybridized carbons (Fsp3) is 0.529. The van der Waals surface area contributed by atoms with Gasteiger partial charge in [-0.15, -0.1) is 0 Å². The summed E-state index contributed by atoms with van der Waals surface area (Å²) in [6, 6.07) is 0. The maximum atomic E-state index is 11.1. The molecule has 0 radical (unpaired) electrons. The lowest BCUT2D eigenvalue weighted by Crippen LogP contribution is -2.11. The van der Waals surface area contributed by atoms with E-state index in [9.17, 15) is 4.79 Å². The topological polar surface area (TPSA) is 47.9 Å². The first kappa shape index (κ1) is 19.2. The lowest BCUT2D eigenvalue weighted by Gasteiger charge is -2.05. The molecule has 0 spiro atoms. The zero-order chi connectivity index (χ0) is 15.8. The van der Waals surface area contributed by atoms with Crippen LogP contribution in [0.25, 0.3) is 0 Å². The molecule has 0 saturated carbocycles. The minimum absolute atomic E-state index is 0.0150. The van der Waals surface area contributed by atoms with Crippen LogP contribution in [0.1, 0.15) is 40.0 Å². The number of aliphatic imine (C=N–C) groups is 1. The molecule has 118 valence electrons. The molecular weight excluding hydrogens is 266 g/mol. The van der Waals surface area contributed by atoms with Crippen molar-refractivity contribution in [3.8, 4) is 0 Å². The minimum Gasteiger partial charge on any atom is -0.434 e. The van der Waals surface area contributed by atoms with Crippen molar-refractivity contribution in [1.82, 2.24) is 0 Å².